The number of amides is 1. The van der Waals surface area contributed by atoms with Gasteiger partial charge >= 0.3 is 11.9 Å². The van der Waals surface area contributed by atoms with Crippen LogP contribution in [0.5, 0.6) is 0 Å². The number of carbonyl (C=O) groups excluding carboxylic acids is 2. The minimum Gasteiger partial charge on any atom is -0.480 e. The van der Waals surface area contributed by atoms with Gasteiger partial charge in [-0.15, -0.1) is 0 Å². The first-order valence-electron chi connectivity index (χ1n) is 6.05. The Morgan fingerprint density at radius 2 is 1.83 bits per heavy atom. The molecule has 104 valence electrons. The summed E-state index contributed by atoms with van der Waals surface area (Å²) in [6.45, 7) is 6.36. The van der Waals surface area contributed by atoms with Crippen LogP contribution in [0.15, 0.2) is 0 Å². The molecule has 0 saturated heterocycles. The first-order chi connectivity index (χ1) is 8.36. The maximum Gasteiger partial charge on any atom is 0.328 e. The fourth-order valence-corrected chi connectivity index (χ4v) is 1.76. The third-order valence-corrected chi connectivity index (χ3v) is 2.59. The quantitative estimate of drug-likeness (QED) is 0.690. The van der Waals surface area contributed by atoms with Crippen LogP contribution in [0.1, 0.15) is 40.5 Å². The highest BCUT2D eigenvalue weighted by atomic mass is 16.5. The summed E-state index contributed by atoms with van der Waals surface area (Å²) in [7, 11) is 0. The van der Waals surface area contributed by atoms with Gasteiger partial charge in [0.1, 0.15) is 12.1 Å². The molecule has 0 aliphatic rings. The Labute approximate surface area is 107 Å². The molecule has 0 unspecified atom stereocenters. The van der Waals surface area contributed by atoms with Gasteiger partial charge in [0.25, 0.3) is 0 Å². The highest BCUT2D eigenvalue weighted by Crippen LogP contribution is 2.14. The lowest BCUT2D eigenvalue weighted by atomic mass is 10.1. The number of carboxylic acid groups (broad SMARTS) is 1. The number of aliphatic carboxylic acids is 1. The van der Waals surface area contributed by atoms with Crippen LogP contribution in [0.25, 0.3) is 0 Å². The van der Waals surface area contributed by atoms with Crippen molar-refractivity contribution in [3.63, 3.8) is 0 Å². The van der Waals surface area contributed by atoms with Crippen LogP contribution in [0.2, 0.25) is 0 Å². The van der Waals surface area contributed by atoms with E-state index < -0.39 is 29.9 Å². The van der Waals surface area contributed by atoms with Crippen LogP contribution in [0.4, 0.5) is 0 Å². The molecule has 6 heteroatoms. The smallest absolute Gasteiger partial charge is 0.328 e. The molecule has 1 N–H and O–H groups in total. The van der Waals surface area contributed by atoms with E-state index in [4.69, 9.17) is 9.84 Å². The molecule has 6 nitrogen and oxygen atoms in total. The van der Waals surface area contributed by atoms with E-state index in [0.717, 1.165) is 4.90 Å². The summed E-state index contributed by atoms with van der Waals surface area (Å²) in [5.41, 5.74) is 0. The van der Waals surface area contributed by atoms with E-state index in [9.17, 15) is 14.4 Å². The average molecular weight is 259 g/mol. The van der Waals surface area contributed by atoms with Gasteiger partial charge in [0.15, 0.2) is 0 Å². The monoisotopic (exact) mass is 259 g/mol. The molecule has 0 aromatic rings. The van der Waals surface area contributed by atoms with Crippen LogP contribution in [0, 0.1) is 0 Å². The van der Waals surface area contributed by atoms with Gasteiger partial charge in [0, 0.05) is 6.92 Å². The summed E-state index contributed by atoms with van der Waals surface area (Å²) in [5.74, 6) is -2.14. The SMILES string of the molecule is CCC[C@H](C(=O)OCC)N(C(C)=O)[C@@H](C)C(=O)O. The Morgan fingerprint density at radius 1 is 1.28 bits per heavy atom. The van der Waals surface area contributed by atoms with Gasteiger partial charge in [-0.05, 0) is 20.3 Å². The van der Waals surface area contributed by atoms with Crippen molar-refractivity contribution in [2.24, 2.45) is 0 Å². The number of carbonyl (C=O) groups is 3. The molecule has 1 amide bonds. The Bertz CT molecular complexity index is 316. The number of rotatable bonds is 7. The highest BCUT2D eigenvalue weighted by Gasteiger charge is 2.34. The normalized spacial score (nSPS) is 13.6. The van der Waals surface area contributed by atoms with Crippen molar-refractivity contribution < 1.29 is 24.2 Å². The molecule has 0 saturated carbocycles. The second-order valence-electron chi connectivity index (χ2n) is 4.00. The van der Waals surface area contributed by atoms with Gasteiger partial charge in [-0.2, -0.15) is 0 Å². The van der Waals surface area contributed by atoms with Crippen molar-refractivity contribution in [3.05, 3.63) is 0 Å². The molecule has 0 bridgehead atoms. The van der Waals surface area contributed by atoms with Crippen LogP contribution in [-0.4, -0.2) is 46.5 Å². The average Bonchev–Trinajstić information content (AvgIpc) is 2.27. The zero-order chi connectivity index (χ0) is 14.3. The van der Waals surface area contributed by atoms with Gasteiger partial charge < -0.3 is 14.7 Å². The Hall–Kier alpha value is -1.59. The molecule has 0 aliphatic heterocycles. The number of nitrogens with zero attached hydrogens (tertiary/aromatic N) is 1. The molecule has 0 aromatic heterocycles. The predicted molar refractivity (Wildman–Crippen MR) is 64.9 cm³/mol. The molecular weight excluding hydrogens is 238 g/mol. The molecule has 18 heavy (non-hydrogen) atoms. The predicted octanol–water partition coefficient (Wildman–Crippen LogP) is 1.04. The third-order valence-electron chi connectivity index (χ3n) is 2.59. The van der Waals surface area contributed by atoms with E-state index in [2.05, 4.69) is 0 Å². The molecule has 0 spiro atoms. The van der Waals surface area contributed by atoms with Crippen molar-refractivity contribution in [3.8, 4) is 0 Å². The number of esters is 1. The zero-order valence-corrected chi connectivity index (χ0v) is 11.3. The van der Waals surface area contributed by atoms with Crippen LogP contribution in [-0.2, 0) is 19.1 Å². The number of ether oxygens (including phenoxy) is 1. The van der Waals surface area contributed by atoms with Gasteiger partial charge in [-0.25, -0.2) is 9.59 Å². The van der Waals surface area contributed by atoms with E-state index in [1.54, 1.807) is 6.92 Å². The third kappa shape index (κ3) is 4.35. The van der Waals surface area contributed by atoms with Gasteiger partial charge in [0.05, 0.1) is 6.61 Å². The summed E-state index contributed by atoms with van der Waals surface area (Å²) in [6.07, 6.45) is 1.04. The maximum atomic E-state index is 11.8. The van der Waals surface area contributed by atoms with Gasteiger partial charge in [-0.3, -0.25) is 4.79 Å². The molecule has 0 heterocycles. The summed E-state index contributed by atoms with van der Waals surface area (Å²) < 4.78 is 4.89. The summed E-state index contributed by atoms with van der Waals surface area (Å²) in [5, 5.41) is 8.98. The first-order valence-corrected chi connectivity index (χ1v) is 6.05. The number of hydrogen-bond acceptors (Lipinski definition) is 4. The van der Waals surface area contributed by atoms with Crippen molar-refractivity contribution in [1.82, 2.24) is 4.90 Å². The fraction of sp³-hybridized carbons (Fsp3) is 0.750. The molecule has 0 aliphatic carbocycles. The minimum atomic E-state index is -1.14. The lowest BCUT2D eigenvalue weighted by molar-refractivity contribution is -0.161. The van der Waals surface area contributed by atoms with E-state index in [1.165, 1.54) is 13.8 Å². The Kier molecular flexibility index (Phi) is 7.00. The fourth-order valence-electron chi connectivity index (χ4n) is 1.76. The number of hydrogen-bond donors (Lipinski definition) is 1. The molecule has 0 fully saturated rings. The highest BCUT2D eigenvalue weighted by molar-refractivity contribution is 5.87. The van der Waals surface area contributed by atoms with Crippen LogP contribution in [0.3, 0.4) is 0 Å². The standard InChI is InChI=1S/C12H21NO5/c1-5-7-10(12(17)18-6-2)13(9(4)14)8(3)11(15)16/h8,10H,5-7H2,1-4H3,(H,15,16)/t8-,10+/m0/s1. The largest absolute Gasteiger partial charge is 0.480 e. The first kappa shape index (κ1) is 16.4. The van der Waals surface area contributed by atoms with Crippen LogP contribution < -0.4 is 0 Å². The van der Waals surface area contributed by atoms with Crippen molar-refractivity contribution in [1.29, 1.82) is 0 Å². The lowest BCUT2D eigenvalue weighted by Gasteiger charge is -2.32. The van der Waals surface area contributed by atoms with Gasteiger partial charge in [0.2, 0.25) is 5.91 Å². The van der Waals surface area contributed by atoms with Crippen LogP contribution >= 0.6 is 0 Å². The lowest BCUT2D eigenvalue weighted by Crippen LogP contribution is -2.52. The zero-order valence-electron chi connectivity index (χ0n) is 11.3. The second kappa shape index (κ2) is 7.68. The summed E-state index contributed by atoms with van der Waals surface area (Å²) in [4.78, 5) is 35.4. The topological polar surface area (TPSA) is 83.9 Å². The molecule has 0 rings (SSSR count). The Balaban J connectivity index is 5.16. The number of carboxylic acids is 1. The molecular formula is C12H21NO5. The van der Waals surface area contributed by atoms with Crippen molar-refractivity contribution >= 4 is 17.8 Å². The van der Waals surface area contributed by atoms with E-state index >= 15 is 0 Å². The van der Waals surface area contributed by atoms with Crippen molar-refractivity contribution in [2.45, 2.75) is 52.6 Å². The summed E-state index contributed by atoms with van der Waals surface area (Å²) in [6, 6.07) is -1.89. The van der Waals surface area contributed by atoms with E-state index in [-0.39, 0.29) is 6.61 Å². The van der Waals surface area contributed by atoms with Crippen molar-refractivity contribution in [2.75, 3.05) is 6.61 Å². The Morgan fingerprint density at radius 3 is 2.17 bits per heavy atom. The molecule has 0 aromatic carbocycles. The van der Waals surface area contributed by atoms with Gasteiger partial charge in [-0.1, -0.05) is 13.3 Å². The molecule has 2 atom stereocenters. The molecule has 0 radical (unpaired) electrons. The van der Waals surface area contributed by atoms with E-state index in [1.807, 2.05) is 6.92 Å². The maximum absolute atomic E-state index is 11.8. The minimum absolute atomic E-state index is 0.201. The second-order valence-corrected chi connectivity index (χ2v) is 4.00. The van der Waals surface area contributed by atoms with E-state index in [0.29, 0.717) is 12.8 Å². The summed E-state index contributed by atoms with van der Waals surface area (Å²) >= 11 is 0.